The van der Waals surface area contributed by atoms with Gasteiger partial charge in [-0.3, -0.25) is 0 Å². The number of hydrogen-bond acceptors (Lipinski definition) is 4. The Bertz CT molecular complexity index is 354. The zero-order valence-electron chi connectivity index (χ0n) is 9.62. The van der Waals surface area contributed by atoms with E-state index < -0.39 is 17.2 Å². The molecule has 0 amide bonds. The number of thiazole rings is 1. The number of nitrogens with two attached hydrogens (primary N) is 1. The molecule has 0 bridgehead atoms. The van der Waals surface area contributed by atoms with Crippen molar-refractivity contribution in [2.75, 3.05) is 13.7 Å². The Morgan fingerprint density at radius 1 is 1.53 bits per heavy atom. The second-order valence-corrected chi connectivity index (χ2v) is 5.03. The Balaban J connectivity index is 2.64. The molecule has 0 spiro atoms. The van der Waals surface area contributed by atoms with Crippen LogP contribution in [0.25, 0.3) is 0 Å². The van der Waals surface area contributed by atoms with Crippen LogP contribution in [0.15, 0.2) is 6.20 Å². The molecule has 2 N–H and O–H groups in total. The minimum atomic E-state index is -4.39. The molecule has 0 fully saturated rings. The van der Waals surface area contributed by atoms with Crippen LogP contribution in [0.5, 0.6) is 0 Å². The lowest BCUT2D eigenvalue weighted by atomic mass is 10.0. The van der Waals surface area contributed by atoms with Crippen LogP contribution in [0.3, 0.4) is 0 Å². The van der Waals surface area contributed by atoms with Gasteiger partial charge >= 0.3 is 6.18 Å². The fraction of sp³-hybridized carbons (Fsp3) is 0.700. The van der Waals surface area contributed by atoms with Crippen molar-refractivity contribution in [3.05, 3.63) is 16.1 Å². The normalized spacial score (nSPS) is 15.9. The first-order chi connectivity index (χ1) is 7.84. The molecular formula is C10H15F3N2OS. The lowest BCUT2D eigenvalue weighted by Crippen LogP contribution is -2.15. The second-order valence-electron chi connectivity index (χ2n) is 3.97. The summed E-state index contributed by atoms with van der Waals surface area (Å²) in [6.45, 7) is 2.48. The zero-order chi connectivity index (χ0) is 13.1. The third-order valence-electron chi connectivity index (χ3n) is 2.24. The van der Waals surface area contributed by atoms with Crippen molar-refractivity contribution in [3.63, 3.8) is 0 Å². The molecule has 0 radical (unpaired) electrons. The van der Waals surface area contributed by atoms with Crippen LogP contribution < -0.4 is 5.73 Å². The topological polar surface area (TPSA) is 48.1 Å². The van der Waals surface area contributed by atoms with Gasteiger partial charge < -0.3 is 10.5 Å². The number of aromatic nitrogens is 1. The van der Waals surface area contributed by atoms with Crippen molar-refractivity contribution < 1.29 is 17.9 Å². The summed E-state index contributed by atoms with van der Waals surface area (Å²) in [5.74, 6) is 0.200. The van der Waals surface area contributed by atoms with Crippen LogP contribution in [-0.2, 0) is 10.9 Å². The maximum Gasteiger partial charge on any atom is 0.443 e. The standard InChI is InChI=1S/C10H15F3N2OS/c1-6(5-16-2)3-7(14)8-4-15-9(17-8)10(11,12)13/h4,6-7H,3,5,14H2,1-2H3. The lowest BCUT2D eigenvalue weighted by Gasteiger charge is -2.14. The summed E-state index contributed by atoms with van der Waals surface area (Å²) in [6, 6.07) is -0.422. The molecule has 1 rings (SSSR count). The third-order valence-corrected chi connectivity index (χ3v) is 3.41. The van der Waals surface area contributed by atoms with E-state index in [9.17, 15) is 13.2 Å². The first-order valence-electron chi connectivity index (χ1n) is 5.12. The predicted molar refractivity (Wildman–Crippen MR) is 59.7 cm³/mol. The molecule has 0 aliphatic carbocycles. The third kappa shape index (κ3) is 4.25. The molecule has 2 unspecified atom stereocenters. The number of alkyl halides is 3. The summed E-state index contributed by atoms with van der Waals surface area (Å²) in [7, 11) is 1.58. The molecule has 98 valence electrons. The molecule has 0 aromatic carbocycles. The van der Waals surface area contributed by atoms with Gasteiger partial charge in [0.05, 0.1) is 0 Å². The van der Waals surface area contributed by atoms with Gasteiger partial charge in [-0.05, 0) is 12.3 Å². The Morgan fingerprint density at radius 2 is 2.18 bits per heavy atom. The monoisotopic (exact) mass is 268 g/mol. The highest BCUT2D eigenvalue weighted by Gasteiger charge is 2.35. The van der Waals surface area contributed by atoms with Crippen LogP contribution in [0.4, 0.5) is 13.2 Å². The predicted octanol–water partition coefficient (Wildman–Crippen LogP) is 2.83. The highest BCUT2D eigenvalue weighted by Crippen LogP contribution is 2.34. The van der Waals surface area contributed by atoms with E-state index in [2.05, 4.69) is 4.98 Å². The number of nitrogens with zero attached hydrogens (tertiary/aromatic N) is 1. The number of rotatable bonds is 5. The highest BCUT2D eigenvalue weighted by molar-refractivity contribution is 7.11. The highest BCUT2D eigenvalue weighted by atomic mass is 32.1. The van der Waals surface area contributed by atoms with E-state index in [1.54, 1.807) is 7.11 Å². The number of methoxy groups -OCH3 is 1. The van der Waals surface area contributed by atoms with Crippen molar-refractivity contribution in [1.29, 1.82) is 0 Å². The van der Waals surface area contributed by atoms with Gasteiger partial charge in [0.2, 0.25) is 0 Å². The average molecular weight is 268 g/mol. The van der Waals surface area contributed by atoms with Crippen LogP contribution in [0.2, 0.25) is 0 Å². The van der Waals surface area contributed by atoms with E-state index in [-0.39, 0.29) is 5.92 Å². The average Bonchev–Trinajstić information content (AvgIpc) is 2.65. The SMILES string of the molecule is COCC(C)CC(N)c1cnc(C(F)(F)F)s1. The Hall–Kier alpha value is -0.660. The minimum absolute atomic E-state index is 0.200. The Morgan fingerprint density at radius 3 is 2.65 bits per heavy atom. The fourth-order valence-electron chi connectivity index (χ4n) is 1.49. The number of hydrogen-bond donors (Lipinski definition) is 1. The van der Waals surface area contributed by atoms with Crippen LogP contribution in [-0.4, -0.2) is 18.7 Å². The van der Waals surface area contributed by atoms with Gasteiger partial charge in [-0.1, -0.05) is 6.92 Å². The van der Waals surface area contributed by atoms with Crippen molar-refractivity contribution in [1.82, 2.24) is 4.98 Å². The first kappa shape index (κ1) is 14.4. The van der Waals surface area contributed by atoms with Gasteiger partial charge in [0.25, 0.3) is 0 Å². The number of halogens is 3. The molecule has 17 heavy (non-hydrogen) atoms. The van der Waals surface area contributed by atoms with E-state index in [1.807, 2.05) is 6.92 Å². The summed E-state index contributed by atoms with van der Waals surface area (Å²) in [5, 5.41) is -0.845. The summed E-state index contributed by atoms with van der Waals surface area (Å²) in [5.41, 5.74) is 5.83. The molecular weight excluding hydrogens is 253 g/mol. The maximum atomic E-state index is 12.3. The van der Waals surface area contributed by atoms with Gasteiger partial charge in [-0.15, -0.1) is 11.3 Å². The lowest BCUT2D eigenvalue weighted by molar-refractivity contribution is -0.137. The minimum Gasteiger partial charge on any atom is -0.384 e. The number of ether oxygens (including phenoxy) is 1. The van der Waals surface area contributed by atoms with E-state index in [0.29, 0.717) is 29.2 Å². The fourth-order valence-corrected chi connectivity index (χ4v) is 2.29. The Labute approximate surface area is 102 Å². The molecule has 3 nitrogen and oxygen atoms in total. The van der Waals surface area contributed by atoms with Gasteiger partial charge in [-0.2, -0.15) is 13.2 Å². The molecule has 2 atom stereocenters. The van der Waals surface area contributed by atoms with Crippen molar-refractivity contribution in [2.24, 2.45) is 11.7 Å². The van der Waals surface area contributed by atoms with Crippen LogP contribution >= 0.6 is 11.3 Å². The molecule has 0 saturated carbocycles. The van der Waals surface area contributed by atoms with Crippen LogP contribution in [0, 0.1) is 5.92 Å². The smallest absolute Gasteiger partial charge is 0.384 e. The van der Waals surface area contributed by atoms with Crippen LogP contribution in [0.1, 0.15) is 29.3 Å². The zero-order valence-corrected chi connectivity index (χ0v) is 10.4. The van der Waals surface area contributed by atoms with Gasteiger partial charge in [0, 0.05) is 30.8 Å². The van der Waals surface area contributed by atoms with Gasteiger partial charge in [0.1, 0.15) is 0 Å². The largest absolute Gasteiger partial charge is 0.443 e. The summed E-state index contributed by atoms with van der Waals surface area (Å²) < 4.78 is 42.0. The molecule has 0 saturated heterocycles. The van der Waals surface area contributed by atoms with Crippen molar-refractivity contribution in [3.8, 4) is 0 Å². The van der Waals surface area contributed by atoms with Crippen molar-refractivity contribution in [2.45, 2.75) is 25.6 Å². The van der Waals surface area contributed by atoms with Crippen molar-refractivity contribution >= 4 is 11.3 Å². The molecule has 0 aliphatic rings. The van der Waals surface area contributed by atoms with E-state index in [1.165, 1.54) is 6.20 Å². The maximum absolute atomic E-state index is 12.3. The molecule has 1 aromatic rings. The van der Waals surface area contributed by atoms with E-state index in [4.69, 9.17) is 10.5 Å². The quantitative estimate of drug-likeness (QED) is 0.893. The molecule has 1 aromatic heterocycles. The summed E-state index contributed by atoms with van der Waals surface area (Å²) in [4.78, 5) is 3.80. The molecule has 0 aliphatic heterocycles. The molecule has 7 heteroatoms. The summed E-state index contributed by atoms with van der Waals surface area (Å²) >= 11 is 0.606. The van der Waals surface area contributed by atoms with Gasteiger partial charge in [0.15, 0.2) is 5.01 Å². The van der Waals surface area contributed by atoms with Gasteiger partial charge in [-0.25, -0.2) is 4.98 Å². The van der Waals surface area contributed by atoms with E-state index >= 15 is 0 Å². The summed E-state index contributed by atoms with van der Waals surface area (Å²) in [6.07, 6.45) is -2.61. The van der Waals surface area contributed by atoms with E-state index in [0.717, 1.165) is 0 Å². The molecule has 1 heterocycles. The Kier molecular flexibility index (Phi) is 4.91. The second kappa shape index (κ2) is 5.79. The first-order valence-corrected chi connectivity index (χ1v) is 5.93.